The van der Waals surface area contributed by atoms with Gasteiger partial charge >= 0.3 is 6.18 Å². The van der Waals surface area contributed by atoms with Crippen molar-refractivity contribution in [1.29, 1.82) is 0 Å². The van der Waals surface area contributed by atoms with E-state index in [1.54, 1.807) is 26.0 Å². The van der Waals surface area contributed by atoms with Crippen molar-refractivity contribution in [3.05, 3.63) is 46.8 Å². The van der Waals surface area contributed by atoms with Crippen molar-refractivity contribution in [2.45, 2.75) is 39.9 Å². The molecule has 0 bridgehead atoms. The second kappa shape index (κ2) is 8.89. The normalized spacial score (nSPS) is 12.2. The number of nitrogens with zero attached hydrogens (tertiary/aromatic N) is 2. The van der Waals surface area contributed by atoms with Crippen LogP contribution in [0.5, 0.6) is 5.88 Å². The van der Waals surface area contributed by atoms with Gasteiger partial charge in [0, 0.05) is 24.4 Å². The molecule has 2 N–H and O–H groups in total. The first-order chi connectivity index (χ1) is 13.4. The van der Waals surface area contributed by atoms with Gasteiger partial charge in [-0.1, -0.05) is 0 Å². The van der Waals surface area contributed by atoms with Gasteiger partial charge in [0.05, 0.1) is 11.6 Å². The van der Waals surface area contributed by atoms with Gasteiger partial charge in [-0.15, -0.1) is 0 Å². The molecule has 0 fully saturated rings. The smallest absolute Gasteiger partial charge is 0.422 e. The zero-order chi connectivity index (χ0) is 21.8. The monoisotopic (exact) mass is 410 g/mol. The van der Waals surface area contributed by atoms with Crippen LogP contribution in [0.25, 0.3) is 0 Å². The van der Waals surface area contributed by atoms with Crippen molar-refractivity contribution < 1.29 is 27.5 Å². The predicted molar refractivity (Wildman–Crippen MR) is 99.7 cm³/mol. The summed E-state index contributed by atoms with van der Waals surface area (Å²) in [5, 5.41) is 5.38. The maximum absolute atomic E-state index is 12.5. The number of amides is 2. The van der Waals surface area contributed by atoms with Gasteiger partial charge < -0.3 is 15.4 Å². The van der Waals surface area contributed by atoms with E-state index in [-0.39, 0.29) is 17.4 Å². The first kappa shape index (κ1) is 22.1. The van der Waals surface area contributed by atoms with Crippen LogP contribution in [0.4, 0.5) is 19.0 Å². The van der Waals surface area contributed by atoms with E-state index in [2.05, 4.69) is 25.3 Å². The number of aryl methyl sites for hydroxylation is 2. The van der Waals surface area contributed by atoms with E-state index in [1.807, 2.05) is 0 Å². The highest BCUT2D eigenvalue weighted by atomic mass is 19.4. The summed E-state index contributed by atoms with van der Waals surface area (Å²) < 4.78 is 41.4. The number of rotatable bonds is 6. The van der Waals surface area contributed by atoms with Gasteiger partial charge in [-0.05, 0) is 44.5 Å². The van der Waals surface area contributed by atoms with E-state index in [0.717, 1.165) is 11.8 Å². The molecule has 2 aromatic rings. The van der Waals surface area contributed by atoms with Crippen molar-refractivity contribution in [2.75, 3.05) is 11.9 Å². The number of aromatic nitrogens is 2. The number of nitrogens with one attached hydrogen (secondary N) is 2. The Balaban J connectivity index is 2.10. The van der Waals surface area contributed by atoms with E-state index in [4.69, 9.17) is 0 Å². The van der Waals surface area contributed by atoms with Crippen LogP contribution < -0.4 is 15.4 Å². The fourth-order valence-electron chi connectivity index (χ4n) is 2.54. The van der Waals surface area contributed by atoms with Crippen molar-refractivity contribution in [2.24, 2.45) is 0 Å². The molecule has 2 heterocycles. The van der Waals surface area contributed by atoms with Crippen LogP contribution in [0.15, 0.2) is 24.4 Å². The number of alkyl halides is 3. The lowest BCUT2D eigenvalue weighted by Crippen LogP contribution is -2.27. The quantitative estimate of drug-likeness (QED) is 0.761. The number of carbonyl (C=O) groups is 2. The van der Waals surface area contributed by atoms with Crippen molar-refractivity contribution in [1.82, 2.24) is 15.3 Å². The summed E-state index contributed by atoms with van der Waals surface area (Å²) in [6.45, 7) is 4.93. The zero-order valence-electron chi connectivity index (χ0n) is 16.3. The Morgan fingerprint density at radius 2 is 1.90 bits per heavy atom. The fourth-order valence-corrected chi connectivity index (χ4v) is 2.54. The third-order valence-corrected chi connectivity index (χ3v) is 3.79. The van der Waals surface area contributed by atoms with E-state index in [1.165, 1.54) is 19.9 Å². The van der Waals surface area contributed by atoms with Crippen LogP contribution in [0.1, 0.15) is 47.1 Å². The molecule has 156 valence electrons. The third kappa shape index (κ3) is 6.74. The molecule has 7 nitrogen and oxygen atoms in total. The second-order valence-electron chi connectivity index (χ2n) is 6.55. The number of anilines is 1. The maximum Gasteiger partial charge on any atom is 0.422 e. The minimum atomic E-state index is -4.47. The third-order valence-electron chi connectivity index (χ3n) is 3.79. The molecule has 0 aliphatic carbocycles. The number of carbonyl (C=O) groups excluding carboxylic acids is 2. The number of pyridine rings is 2. The van der Waals surface area contributed by atoms with Crippen LogP contribution in [0.2, 0.25) is 0 Å². The molecule has 0 aromatic carbocycles. The number of hydrogen-bond acceptors (Lipinski definition) is 5. The van der Waals surface area contributed by atoms with Crippen LogP contribution in [0, 0.1) is 13.8 Å². The number of hydrogen-bond donors (Lipinski definition) is 2. The molecule has 1 unspecified atom stereocenters. The van der Waals surface area contributed by atoms with Crippen molar-refractivity contribution in [3.63, 3.8) is 0 Å². The van der Waals surface area contributed by atoms with E-state index < -0.39 is 24.7 Å². The Morgan fingerprint density at radius 3 is 2.48 bits per heavy atom. The molecule has 0 saturated heterocycles. The minimum Gasteiger partial charge on any atom is -0.468 e. The summed E-state index contributed by atoms with van der Waals surface area (Å²) in [6.07, 6.45) is -3.32. The Kier molecular flexibility index (Phi) is 6.78. The Labute approximate surface area is 165 Å². The SMILES string of the molecule is CC(=O)Nc1cc(C(C)NC(=O)c2cnc(OCC(F)(F)F)c(C)c2)cc(C)n1. The lowest BCUT2D eigenvalue weighted by atomic mass is 10.1. The van der Waals surface area contributed by atoms with Crippen LogP contribution in [-0.2, 0) is 4.79 Å². The van der Waals surface area contributed by atoms with E-state index >= 15 is 0 Å². The standard InChI is InChI=1S/C19H21F3N4O3/c1-10-5-15(8-23-18(10)29-9-19(20,21)22)17(28)25-12(3)14-6-11(2)24-16(7-14)26-13(4)27/h5-8,12H,9H2,1-4H3,(H,25,28)(H,24,26,27). The second-order valence-corrected chi connectivity index (χ2v) is 6.55. The average molecular weight is 410 g/mol. The van der Waals surface area contributed by atoms with Crippen LogP contribution in [0.3, 0.4) is 0 Å². The molecule has 0 spiro atoms. The topological polar surface area (TPSA) is 93.2 Å². The molecule has 2 rings (SSSR count). The molecular weight excluding hydrogens is 389 g/mol. The summed E-state index contributed by atoms with van der Waals surface area (Å²) in [6, 6.07) is 4.41. The molecule has 0 aliphatic heterocycles. The fraction of sp³-hybridized carbons (Fsp3) is 0.368. The van der Waals surface area contributed by atoms with Gasteiger partial charge in [0.2, 0.25) is 11.8 Å². The first-order valence-electron chi connectivity index (χ1n) is 8.68. The van der Waals surface area contributed by atoms with Crippen LogP contribution >= 0.6 is 0 Å². The summed E-state index contributed by atoms with van der Waals surface area (Å²) in [7, 11) is 0. The molecule has 2 amide bonds. The van der Waals surface area contributed by atoms with Gasteiger partial charge in [0.1, 0.15) is 5.82 Å². The van der Waals surface area contributed by atoms with E-state index in [0.29, 0.717) is 17.1 Å². The molecule has 29 heavy (non-hydrogen) atoms. The molecule has 10 heteroatoms. The molecule has 1 atom stereocenters. The Morgan fingerprint density at radius 1 is 1.21 bits per heavy atom. The first-order valence-corrected chi connectivity index (χ1v) is 8.68. The maximum atomic E-state index is 12.5. The molecule has 0 aliphatic rings. The summed E-state index contributed by atoms with van der Waals surface area (Å²) >= 11 is 0. The van der Waals surface area contributed by atoms with Gasteiger partial charge in [-0.3, -0.25) is 9.59 Å². The lowest BCUT2D eigenvalue weighted by molar-refractivity contribution is -0.154. The summed E-state index contributed by atoms with van der Waals surface area (Å²) in [4.78, 5) is 31.7. The van der Waals surface area contributed by atoms with Crippen LogP contribution in [-0.4, -0.2) is 34.6 Å². The van der Waals surface area contributed by atoms with Gasteiger partial charge in [-0.2, -0.15) is 13.2 Å². The average Bonchev–Trinajstić information content (AvgIpc) is 2.58. The van der Waals surface area contributed by atoms with Gasteiger partial charge in [-0.25, -0.2) is 9.97 Å². The Bertz CT molecular complexity index is 916. The number of ether oxygens (including phenoxy) is 1. The lowest BCUT2D eigenvalue weighted by Gasteiger charge is -2.17. The highest BCUT2D eigenvalue weighted by Gasteiger charge is 2.29. The predicted octanol–water partition coefficient (Wildman–Crippen LogP) is 3.48. The van der Waals surface area contributed by atoms with Crippen molar-refractivity contribution in [3.8, 4) is 5.88 Å². The molecular formula is C19H21F3N4O3. The highest BCUT2D eigenvalue weighted by molar-refractivity contribution is 5.94. The molecule has 0 radical (unpaired) electrons. The minimum absolute atomic E-state index is 0.182. The Hall–Kier alpha value is -3.17. The largest absolute Gasteiger partial charge is 0.468 e. The summed E-state index contributed by atoms with van der Waals surface area (Å²) in [5.74, 6) is -0.528. The van der Waals surface area contributed by atoms with E-state index in [9.17, 15) is 22.8 Å². The number of halogens is 3. The van der Waals surface area contributed by atoms with Gasteiger partial charge in [0.25, 0.3) is 5.91 Å². The summed E-state index contributed by atoms with van der Waals surface area (Å²) in [5.41, 5.74) is 1.88. The molecule has 2 aromatic heterocycles. The molecule has 0 saturated carbocycles. The zero-order valence-corrected chi connectivity index (χ0v) is 16.3. The van der Waals surface area contributed by atoms with Gasteiger partial charge in [0.15, 0.2) is 6.61 Å². The highest BCUT2D eigenvalue weighted by Crippen LogP contribution is 2.21. The van der Waals surface area contributed by atoms with Crippen molar-refractivity contribution >= 4 is 17.6 Å².